The van der Waals surface area contributed by atoms with E-state index in [2.05, 4.69) is 14.4 Å². The highest BCUT2D eigenvalue weighted by molar-refractivity contribution is 7.90. The number of fused-ring (bicyclic) bond motifs is 2. The molecule has 3 heterocycles. The van der Waals surface area contributed by atoms with Crippen molar-refractivity contribution in [3.63, 3.8) is 0 Å². The Morgan fingerprint density at radius 2 is 1.91 bits per heavy atom. The fourth-order valence-corrected chi connectivity index (χ4v) is 5.38. The number of para-hydroxylation sites is 1. The predicted molar refractivity (Wildman–Crippen MR) is 118 cm³/mol. The smallest absolute Gasteiger partial charge is 0.311 e. The molecular formula is C22H21N5O4S. The summed E-state index contributed by atoms with van der Waals surface area (Å²) in [6.07, 6.45) is 1.37. The lowest BCUT2D eigenvalue weighted by Crippen LogP contribution is -2.42. The fourth-order valence-electron chi connectivity index (χ4n) is 4.15. The first-order chi connectivity index (χ1) is 15.4. The number of likely N-dealkylation sites (tertiary alicyclic amines) is 1. The van der Waals surface area contributed by atoms with Gasteiger partial charge in [0.05, 0.1) is 11.4 Å². The molecule has 1 fully saturated rings. The van der Waals surface area contributed by atoms with E-state index in [9.17, 15) is 13.2 Å². The third-order valence-corrected chi connectivity index (χ3v) is 7.01. The molecule has 0 amide bonds. The van der Waals surface area contributed by atoms with E-state index >= 15 is 0 Å². The number of rotatable bonds is 3. The van der Waals surface area contributed by atoms with Crippen LogP contribution in [0.3, 0.4) is 0 Å². The van der Waals surface area contributed by atoms with E-state index in [0.717, 1.165) is 11.8 Å². The third-order valence-electron chi connectivity index (χ3n) is 5.69. The number of nitrogens with two attached hydrogens (primary N) is 1. The topological polar surface area (TPSA) is 128 Å². The molecule has 0 aliphatic carbocycles. The Balaban J connectivity index is 1.29. The molecule has 5 rings (SSSR count). The Labute approximate surface area is 185 Å². The van der Waals surface area contributed by atoms with E-state index in [-0.39, 0.29) is 17.5 Å². The Bertz CT molecular complexity index is 1360. The first kappa shape index (κ1) is 20.4. The number of hydrogen-bond donors (Lipinski definition) is 1. The molecular weight excluding hydrogens is 430 g/mol. The van der Waals surface area contributed by atoms with Gasteiger partial charge in [0, 0.05) is 24.0 Å². The van der Waals surface area contributed by atoms with Gasteiger partial charge in [0.1, 0.15) is 10.7 Å². The number of sulfonamides is 1. The van der Waals surface area contributed by atoms with Crippen LogP contribution in [0.4, 0.5) is 5.82 Å². The van der Waals surface area contributed by atoms with E-state index < -0.39 is 15.9 Å². The highest BCUT2D eigenvalue weighted by Crippen LogP contribution is 2.30. The zero-order valence-corrected chi connectivity index (χ0v) is 18.0. The minimum atomic E-state index is -3.71. The number of nitrogens with zero attached hydrogens (tertiary/aromatic N) is 4. The van der Waals surface area contributed by atoms with Crippen LogP contribution < -0.4 is 5.73 Å². The Kier molecular flexibility index (Phi) is 5.01. The second-order valence-electron chi connectivity index (χ2n) is 7.82. The van der Waals surface area contributed by atoms with E-state index in [0.29, 0.717) is 48.1 Å². The van der Waals surface area contributed by atoms with E-state index in [1.165, 1.54) is 0 Å². The van der Waals surface area contributed by atoms with Crippen LogP contribution in [0.5, 0.6) is 0 Å². The average Bonchev–Trinajstić information content (AvgIpc) is 3.09. The lowest BCUT2D eigenvalue weighted by molar-refractivity contribution is -0.151. The van der Waals surface area contributed by atoms with Gasteiger partial charge in [-0.15, -0.1) is 4.40 Å². The highest BCUT2D eigenvalue weighted by Gasteiger charge is 2.35. The van der Waals surface area contributed by atoms with Crippen LogP contribution in [0.25, 0.3) is 10.9 Å². The third kappa shape index (κ3) is 3.66. The first-order valence-electron chi connectivity index (χ1n) is 10.3. The average molecular weight is 452 g/mol. The van der Waals surface area contributed by atoms with Gasteiger partial charge in [-0.2, -0.15) is 8.42 Å². The molecule has 2 aliphatic heterocycles. The number of carbonyl (C=O) groups excluding carboxylic acids is 1. The van der Waals surface area contributed by atoms with Crippen molar-refractivity contribution in [1.29, 1.82) is 0 Å². The molecule has 10 heteroatoms. The molecule has 3 aromatic rings. The van der Waals surface area contributed by atoms with Crippen molar-refractivity contribution in [2.45, 2.75) is 24.3 Å². The number of aromatic nitrogens is 2. The van der Waals surface area contributed by atoms with Gasteiger partial charge in [-0.1, -0.05) is 24.3 Å². The minimum absolute atomic E-state index is 0.0808. The van der Waals surface area contributed by atoms with Crippen LogP contribution in [0.1, 0.15) is 24.2 Å². The summed E-state index contributed by atoms with van der Waals surface area (Å²) in [6, 6.07) is 14.1. The van der Waals surface area contributed by atoms with Gasteiger partial charge < -0.3 is 15.4 Å². The fraction of sp³-hybridized carbons (Fsp3) is 0.273. The summed E-state index contributed by atoms with van der Waals surface area (Å²) in [5.41, 5.74) is 7.25. The van der Waals surface area contributed by atoms with E-state index in [1.54, 1.807) is 24.3 Å². The van der Waals surface area contributed by atoms with Gasteiger partial charge in [0.2, 0.25) is 0 Å². The normalized spacial score (nSPS) is 19.4. The van der Waals surface area contributed by atoms with Gasteiger partial charge in [0.15, 0.2) is 18.3 Å². The van der Waals surface area contributed by atoms with Crippen LogP contribution in [-0.2, 0) is 26.2 Å². The van der Waals surface area contributed by atoms with Gasteiger partial charge in [-0.25, -0.2) is 9.97 Å². The number of carbonyl (C=O) groups is 1. The number of nitrogen functional groups attached to an aromatic ring is 1. The van der Waals surface area contributed by atoms with Crippen molar-refractivity contribution in [1.82, 2.24) is 14.9 Å². The van der Waals surface area contributed by atoms with E-state index in [1.807, 2.05) is 29.2 Å². The minimum Gasteiger partial charge on any atom is -0.457 e. The summed E-state index contributed by atoms with van der Waals surface area (Å²) in [5, 5.41) is 0.748. The molecule has 9 nitrogen and oxygen atoms in total. The molecule has 0 unspecified atom stereocenters. The van der Waals surface area contributed by atoms with Crippen LogP contribution in [0.15, 0.2) is 57.8 Å². The zero-order chi connectivity index (χ0) is 22.3. The van der Waals surface area contributed by atoms with Crippen molar-refractivity contribution in [2.75, 3.05) is 18.8 Å². The molecule has 1 saturated heterocycles. The van der Waals surface area contributed by atoms with Crippen molar-refractivity contribution in [3.05, 3.63) is 59.9 Å². The quantitative estimate of drug-likeness (QED) is 0.600. The number of benzene rings is 2. The summed E-state index contributed by atoms with van der Waals surface area (Å²) < 4.78 is 34.2. The first-order valence-corrected chi connectivity index (χ1v) is 11.7. The number of piperidine rings is 1. The molecule has 2 N–H and O–H groups in total. The Morgan fingerprint density at radius 3 is 2.78 bits per heavy atom. The molecule has 1 aromatic heterocycles. The maximum absolute atomic E-state index is 12.8. The monoisotopic (exact) mass is 451 g/mol. The number of ether oxygens (including phenoxy) is 1. The maximum Gasteiger partial charge on any atom is 0.311 e. The zero-order valence-electron chi connectivity index (χ0n) is 17.1. The van der Waals surface area contributed by atoms with Gasteiger partial charge in [-0.3, -0.25) is 4.79 Å². The molecule has 2 aromatic carbocycles. The maximum atomic E-state index is 12.8. The molecule has 0 saturated carbocycles. The summed E-state index contributed by atoms with van der Waals surface area (Å²) >= 11 is 0. The number of amidine groups is 1. The van der Waals surface area contributed by atoms with Crippen molar-refractivity contribution >= 4 is 38.5 Å². The molecule has 0 radical (unpaired) electrons. The molecule has 2 aliphatic rings. The number of esters is 1. The van der Waals surface area contributed by atoms with Crippen LogP contribution in [0.2, 0.25) is 0 Å². The summed E-state index contributed by atoms with van der Waals surface area (Å²) in [7, 11) is -3.71. The Hall–Kier alpha value is -3.53. The summed E-state index contributed by atoms with van der Waals surface area (Å²) in [6.45, 7) is 0.877. The highest BCUT2D eigenvalue weighted by atomic mass is 32.2. The summed E-state index contributed by atoms with van der Waals surface area (Å²) in [5.74, 6) is 0.287. The van der Waals surface area contributed by atoms with Crippen molar-refractivity contribution in [3.8, 4) is 0 Å². The van der Waals surface area contributed by atoms with Gasteiger partial charge in [-0.05, 0) is 37.1 Å². The number of hydrogen-bond acceptors (Lipinski definition) is 8. The second kappa shape index (κ2) is 7.86. The van der Waals surface area contributed by atoms with Crippen LogP contribution in [0, 0.1) is 5.92 Å². The van der Waals surface area contributed by atoms with Crippen LogP contribution in [-0.4, -0.2) is 48.2 Å². The van der Waals surface area contributed by atoms with Crippen molar-refractivity contribution < 1.29 is 17.9 Å². The predicted octanol–water partition coefficient (Wildman–Crippen LogP) is 2.12. The Morgan fingerprint density at radius 1 is 1.12 bits per heavy atom. The molecule has 1 atom stereocenters. The molecule has 164 valence electrons. The number of anilines is 1. The molecule has 0 bridgehead atoms. The SMILES string of the molecule is Nc1nc(COC(=O)[C@H]2CCCN(C3=NS(=O)(=O)c4ccccc43)C2)nc2ccccc12. The molecule has 0 spiro atoms. The lowest BCUT2D eigenvalue weighted by atomic mass is 9.97. The standard InChI is InChI=1S/C22H21N5O4S/c23-20-15-7-1-3-9-17(15)24-19(25-20)13-31-22(28)14-6-5-11-27(12-14)21-16-8-2-4-10-18(16)32(29,30)26-21/h1-4,7-10,14H,5-6,11-13H2,(H2,23,24,25)/t14-/m0/s1. The van der Waals surface area contributed by atoms with Gasteiger partial charge >= 0.3 is 5.97 Å². The lowest BCUT2D eigenvalue weighted by Gasteiger charge is -2.32. The molecule has 32 heavy (non-hydrogen) atoms. The second-order valence-corrected chi connectivity index (χ2v) is 9.39. The summed E-state index contributed by atoms with van der Waals surface area (Å²) in [4.78, 5) is 23.4. The largest absolute Gasteiger partial charge is 0.457 e. The van der Waals surface area contributed by atoms with Crippen molar-refractivity contribution in [2.24, 2.45) is 10.3 Å². The van der Waals surface area contributed by atoms with E-state index in [4.69, 9.17) is 10.5 Å². The van der Waals surface area contributed by atoms with Crippen LogP contribution >= 0.6 is 0 Å². The van der Waals surface area contributed by atoms with Gasteiger partial charge in [0.25, 0.3) is 10.0 Å².